The predicted octanol–water partition coefficient (Wildman–Crippen LogP) is 5.98. The Morgan fingerprint density at radius 2 is 0.711 bits per heavy atom. The summed E-state index contributed by atoms with van der Waals surface area (Å²) in [4.78, 5) is 0. The van der Waals surface area contributed by atoms with Crippen LogP contribution in [-0.4, -0.2) is 52.7 Å². The minimum absolute atomic E-state index is 0.572. The summed E-state index contributed by atoms with van der Waals surface area (Å²) in [5.74, 6) is 4.63. The fourth-order valence-electron chi connectivity index (χ4n) is 3.78. The summed E-state index contributed by atoms with van der Waals surface area (Å²) in [5, 5.41) is 6.99. The van der Waals surface area contributed by atoms with Gasteiger partial charge in [-0.25, -0.2) is 0 Å². The lowest BCUT2D eigenvalue weighted by molar-refractivity contribution is 0.299. The minimum atomic E-state index is 0.572. The van der Waals surface area contributed by atoms with Gasteiger partial charge in [0.1, 0.15) is 34.5 Å². The molecular formula is C30H50N2O6. The fourth-order valence-corrected chi connectivity index (χ4v) is 3.78. The minimum Gasteiger partial charge on any atom is -0.494 e. The first-order valence-electron chi connectivity index (χ1n) is 14.1. The first-order valence-corrected chi connectivity index (χ1v) is 14.1. The summed E-state index contributed by atoms with van der Waals surface area (Å²) in [6.07, 6.45) is 0. The number of benzene rings is 2. The maximum Gasteiger partial charge on any atom is 0.131 e. The van der Waals surface area contributed by atoms with Crippen LogP contribution in [0.1, 0.15) is 66.5 Å². The maximum atomic E-state index is 5.89. The molecule has 0 radical (unpaired) electrons. The van der Waals surface area contributed by atoms with Crippen molar-refractivity contribution in [3.05, 3.63) is 35.4 Å². The Morgan fingerprint density at radius 3 is 0.947 bits per heavy atom. The van der Waals surface area contributed by atoms with Crippen LogP contribution < -0.4 is 39.1 Å². The average molecular weight is 535 g/mol. The van der Waals surface area contributed by atoms with Crippen LogP contribution in [0, 0.1) is 0 Å². The van der Waals surface area contributed by atoms with Crippen molar-refractivity contribution in [3.8, 4) is 34.5 Å². The summed E-state index contributed by atoms with van der Waals surface area (Å²) in [6, 6.07) is 7.73. The van der Waals surface area contributed by atoms with E-state index in [0.717, 1.165) is 58.7 Å². The molecule has 2 N–H and O–H groups in total. The zero-order valence-corrected chi connectivity index (χ0v) is 24.8. The zero-order chi connectivity index (χ0) is 28.2. The van der Waals surface area contributed by atoms with Crippen LogP contribution in [0.15, 0.2) is 24.3 Å². The van der Waals surface area contributed by atoms with E-state index in [-0.39, 0.29) is 0 Å². The molecule has 8 heteroatoms. The van der Waals surface area contributed by atoms with Crippen molar-refractivity contribution in [1.82, 2.24) is 10.6 Å². The lowest BCUT2D eigenvalue weighted by atomic mass is 10.1. The highest BCUT2D eigenvalue weighted by Crippen LogP contribution is 2.35. The van der Waals surface area contributed by atoms with Crippen molar-refractivity contribution in [1.29, 1.82) is 0 Å². The van der Waals surface area contributed by atoms with Gasteiger partial charge in [0.15, 0.2) is 0 Å². The Hall–Kier alpha value is -2.84. The van der Waals surface area contributed by atoms with Gasteiger partial charge in [-0.05, 0) is 41.5 Å². The van der Waals surface area contributed by atoms with Crippen molar-refractivity contribution in [3.63, 3.8) is 0 Å². The second-order valence-corrected chi connectivity index (χ2v) is 7.75. The van der Waals surface area contributed by atoms with Gasteiger partial charge in [0.2, 0.25) is 0 Å². The highest BCUT2D eigenvalue weighted by molar-refractivity contribution is 5.51. The molecule has 0 aliphatic heterocycles. The van der Waals surface area contributed by atoms with E-state index in [4.69, 9.17) is 28.4 Å². The standard InChI is InChI=1S/C28H44N2O6.C2H6/c1-7-31-21-15-25(33-9-3)23(26(16-21)34-10-4)19-29-13-14-30-20-24-27(35-11-5)17-22(32-8-2)18-28(24)36-12-6;1-2/h15-18,29-30H,7-14,19-20H2,1-6H3;1-2H3. The molecule has 0 unspecified atom stereocenters. The van der Waals surface area contributed by atoms with Crippen molar-refractivity contribution in [2.24, 2.45) is 0 Å². The maximum absolute atomic E-state index is 5.89. The molecule has 0 atom stereocenters. The number of rotatable bonds is 19. The monoisotopic (exact) mass is 534 g/mol. The van der Waals surface area contributed by atoms with Crippen LogP contribution in [0.2, 0.25) is 0 Å². The fraction of sp³-hybridized carbons (Fsp3) is 0.600. The van der Waals surface area contributed by atoms with Crippen LogP contribution in [-0.2, 0) is 13.1 Å². The SMILES string of the molecule is CC.CCOc1cc(OCC)c(CNCCNCc2c(OCC)cc(OCC)cc2OCC)c(OCC)c1. The largest absolute Gasteiger partial charge is 0.494 e. The molecule has 0 spiro atoms. The van der Waals surface area contributed by atoms with E-state index >= 15 is 0 Å². The van der Waals surface area contributed by atoms with E-state index in [2.05, 4.69) is 10.6 Å². The van der Waals surface area contributed by atoms with Crippen LogP contribution in [0.5, 0.6) is 34.5 Å². The third-order valence-corrected chi connectivity index (χ3v) is 5.19. The van der Waals surface area contributed by atoms with Gasteiger partial charge in [-0.2, -0.15) is 0 Å². The first kappa shape index (κ1) is 33.2. The van der Waals surface area contributed by atoms with Gasteiger partial charge in [-0.1, -0.05) is 13.8 Å². The lowest BCUT2D eigenvalue weighted by Crippen LogP contribution is -2.27. The number of hydrogen-bond acceptors (Lipinski definition) is 8. The Balaban J connectivity index is 0.00000352. The normalized spacial score (nSPS) is 10.3. The van der Waals surface area contributed by atoms with Crippen LogP contribution in [0.25, 0.3) is 0 Å². The highest BCUT2D eigenvalue weighted by atomic mass is 16.5. The summed E-state index contributed by atoms with van der Waals surface area (Å²) in [5.41, 5.74) is 1.98. The van der Waals surface area contributed by atoms with Gasteiger partial charge in [0, 0.05) is 50.4 Å². The number of hydrogen-bond donors (Lipinski definition) is 2. The quantitative estimate of drug-likeness (QED) is 0.213. The van der Waals surface area contributed by atoms with E-state index in [1.807, 2.05) is 79.7 Å². The van der Waals surface area contributed by atoms with Crippen LogP contribution in [0.3, 0.4) is 0 Å². The van der Waals surface area contributed by atoms with E-state index in [1.54, 1.807) is 0 Å². The summed E-state index contributed by atoms with van der Waals surface area (Å²) < 4.78 is 35.0. The molecule has 0 amide bonds. The summed E-state index contributed by atoms with van der Waals surface area (Å²) in [7, 11) is 0. The molecule has 0 bridgehead atoms. The molecular weight excluding hydrogens is 484 g/mol. The van der Waals surface area contributed by atoms with Gasteiger partial charge < -0.3 is 39.1 Å². The molecule has 0 saturated heterocycles. The molecule has 38 heavy (non-hydrogen) atoms. The van der Waals surface area contributed by atoms with Gasteiger partial charge >= 0.3 is 0 Å². The van der Waals surface area contributed by atoms with Crippen molar-refractivity contribution in [2.75, 3.05) is 52.7 Å². The Kier molecular flexibility index (Phi) is 17.6. The van der Waals surface area contributed by atoms with Crippen LogP contribution >= 0.6 is 0 Å². The van der Waals surface area contributed by atoms with Gasteiger partial charge in [0.05, 0.1) is 50.8 Å². The molecule has 0 fully saturated rings. The lowest BCUT2D eigenvalue weighted by Gasteiger charge is -2.19. The number of ether oxygens (including phenoxy) is 6. The van der Waals surface area contributed by atoms with E-state index in [9.17, 15) is 0 Å². The molecule has 0 saturated carbocycles. The summed E-state index contributed by atoms with van der Waals surface area (Å²) in [6.45, 7) is 22.1. The molecule has 0 heterocycles. The third kappa shape index (κ3) is 10.9. The molecule has 2 aromatic carbocycles. The van der Waals surface area contributed by atoms with Gasteiger partial charge in [-0.3, -0.25) is 0 Å². The van der Waals surface area contributed by atoms with Gasteiger partial charge in [-0.15, -0.1) is 0 Å². The molecule has 2 rings (SSSR count). The van der Waals surface area contributed by atoms with Crippen molar-refractivity contribution in [2.45, 2.75) is 68.5 Å². The molecule has 216 valence electrons. The Morgan fingerprint density at radius 1 is 0.447 bits per heavy atom. The molecule has 8 nitrogen and oxygen atoms in total. The zero-order valence-electron chi connectivity index (χ0n) is 24.8. The smallest absolute Gasteiger partial charge is 0.131 e. The Labute approximate surface area is 230 Å². The second-order valence-electron chi connectivity index (χ2n) is 7.75. The van der Waals surface area contributed by atoms with E-state index in [0.29, 0.717) is 52.7 Å². The highest BCUT2D eigenvalue weighted by Gasteiger charge is 2.16. The van der Waals surface area contributed by atoms with E-state index < -0.39 is 0 Å². The molecule has 0 aromatic heterocycles. The van der Waals surface area contributed by atoms with Crippen LogP contribution in [0.4, 0.5) is 0 Å². The van der Waals surface area contributed by atoms with Crippen molar-refractivity contribution >= 4 is 0 Å². The first-order chi connectivity index (χ1) is 18.6. The molecule has 0 aliphatic carbocycles. The predicted molar refractivity (Wildman–Crippen MR) is 155 cm³/mol. The van der Waals surface area contributed by atoms with Crippen molar-refractivity contribution < 1.29 is 28.4 Å². The topological polar surface area (TPSA) is 79.4 Å². The Bertz CT molecular complexity index is 779. The number of nitrogens with one attached hydrogen (secondary N) is 2. The van der Waals surface area contributed by atoms with E-state index in [1.165, 1.54) is 0 Å². The molecule has 2 aromatic rings. The average Bonchev–Trinajstić information content (AvgIpc) is 2.91. The second kappa shape index (κ2) is 20.2. The van der Waals surface area contributed by atoms with Gasteiger partial charge in [0.25, 0.3) is 0 Å². The third-order valence-electron chi connectivity index (χ3n) is 5.19. The molecule has 0 aliphatic rings. The summed E-state index contributed by atoms with van der Waals surface area (Å²) >= 11 is 0.